The van der Waals surface area contributed by atoms with Gasteiger partial charge in [0.15, 0.2) is 5.69 Å². The average molecular weight is 210 g/mol. The molecular weight excluding hydrogens is 192 g/mol. The van der Waals surface area contributed by atoms with Crippen molar-refractivity contribution >= 4 is 5.97 Å². The van der Waals surface area contributed by atoms with Gasteiger partial charge < -0.3 is 5.11 Å². The first-order valence-electron chi connectivity index (χ1n) is 5.25. The molecule has 0 atom stereocenters. The minimum atomic E-state index is -0.933. The normalized spacial score (nSPS) is 11.0. The zero-order valence-corrected chi connectivity index (χ0v) is 9.74. The number of nitrogens with zero attached hydrogens (tertiary/aromatic N) is 2. The van der Waals surface area contributed by atoms with Gasteiger partial charge in [-0.15, -0.1) is 0 Å². The van der Waals surface area contributed by atoms with Crippen LogP contribution in [0.15, 0.2) is 0 Å². The van der Waals surface area contributed by atoms with Crippen LogP contribution in [0.25, 0.3) is 0 Å². The predicted molar refractivity (Wildman–Crippen MR) is 58.1 cm³/mol. The zero-order valence-electron chi connectivity index (χ0n) is 9.74. The summed E-state index contributed by atoms with van der Waals surface area (Å²) < 4.78 is 1.70. The van der Waals surface area contributed by atoms with Gasteiger partial charge in [-0.2, -0.15) is 5.10 Å². The number of carboxylic acid groups (broad SMARTS) is 1. The van der Waals surface area contributed by atoms with Crippen molar-refractivity contribution in [3.63, 3.8) is 0 Å². The van der Waals surface area contributed by atoms with Crippen LogP contribution in [0.4, 0.5) is 0 Å². The monoisotopic (exact) mass is 210 g/mol. The van der Waals surface area contributed by atoms with E-state index in [4.69, 9.17) is 5.11 Å². The Morgan fingerprint density at radius 3 is 2.53 bits per heavy atom. The van der Waals surface area contributed by atoms with E-state index in [-0.39, 0.29) is 5.69 Å². The molecule has 0 aliphatic carbocycles. The van der Waals surface area contributed by atoms with Crippen LogP contribution >= 0.6 is 0 Å². The fraction of sp³-hybridized carbons (Fsp3) is 0.636. The van der Waals surface area contributed by atoms with Crippen LogP contribution in [0.5, 0.6) is 0 Å². The lowest BCUT2D eigenvalue weighted by Gasteiger charge is -2.07. The van der Waals surface area contributed by atoms with Crippen LogP contribution in [0.3, 0.4) is 0 Å². The van der Waals surface area contributed by atoms with E-state index in [1.165, 1.54) is 0 Å². The summed E-state index contributed by atoms with van der Waals surface area (Å²) in [4.78, 5) is 11.0. The van der Waals surface area contributed by atoms with E-state index in [0.717, 1.165) is 24.1 Å². The van der Waals surface area contributed by atoms with Crippen LogP contribution in [-0.2, 0) is 19.9 Å². The largest absolute Gasteiger partial charge is 0.476 e. The molecule has 0 aliphatic heterocycles. The van der Waals surface area contributed by atoms with Crippen molar-refractivity contribution in [3.05, 3.63) is 17.0 Å². The van der Waals surface area contributed by atoms with Gasteiger partial charge in [0.25, 0.3) is 0 Å². The Morgan fingerprint density at radius 1 is 1.53 bits per heavy atom. The van der Waals surface area contributed by atoms with Gasteiger partial charge in [0.1, 0.15) is 0 Å². The summed E-state index contributed by atoms with van der Waals surface area (Å²) in [6.07, 6.45) is 1.59. The van der Waals surface area contributed by atoms with E-state index in [0.29, 0.717) is 5.92 Å². The SMILES string of the molecule is CCc1c(C(=O)O)nn(C)c1CC(C)C. The topological polar surface area (TPSA) is 55.1 Å². The Bertz CT molecular complexity index is 367. The van der Waals surface area contributed by atoms with Gasteiger partial charge in [0.05, 0.1) is 0 Å². The molecule has 4 heteroatoms. The van der Waals surface area contributed by atoms with Gasteiger partial charge in [-0.3, -0.25) is 4.68 Å². The molecule has 0 bridgehead atoms. The summed E-state index contributed by atoms with van der Waals surface area (Å²) >= 11 is 0. The molecule has 0 saturated carbocycles. The lowest BCUT2D eigenvalue weighted by molar-refractivity contribution is 0.0688. The summed E-state index contributed by atoms with van der Waals surface area (Å²) in [5.74, 6) is -0.426. The third-order valence-electron chi connectivity index (χ3n) is 2.43. The maximum absolute atomic E-state index is 11.0. The number of hydrogen-bond donors (Lipinski definition) is 1. The molecule has 0 spiro atoms. The molecule has 0 radical (unpaired) electrons. The van der Waals surface area contributed by atoms with Crippen LogP contribution in [0.2, 0.25) is 0 Å². The second kappa shape index (κ2) is 4.47. The van der Waals surface area contributed by atoms with Gasteiger partial charge in [-0.1, -0.05) is 20.8 Å². The molecular formula is C11H18N2O2. The van der Waals surface area contributed by atoms with Gasteiger partial charge >= 0.3 is 5.97 Å². The number of aryl methyl sites for hydroxylation is 1. The predicted octanol–water partition coefficient (Wildman–Crippen LogP) is 1.88. The molecule has 0 saturated heterocycles. The molecule has 84 valence electrons. The third-order valence-corrected chi connectivity index (χ3v) is 2.43. The molecule has 4 nitrogen and oxygen atoms in total. The van der Waals surface area contributed by atoms with Crippen molar-refractivity contribution in [1.29, 1.82) is 0 Å². The van der Waals surface area contributed by atoms with Crippen molar-refractivity contribution < 1.29 is 9.90 Å². The van der Waals surface area contributed by atoms with E-state index in [1.807, 2.05) is 14.0 Å². The third kappa shape index (κ3) is 2.37. The zero-order chi connectivity index (χ0) is 11.6. The fourth-order valence-corrected chi connectivity index (χ4v) is 1.79. The first-order valence-corrected chi connectivity index (χ1v) is 5.25. The lowest BCUT2D eigenvalue weighted by atomic mass is 10.0. The summed E-state index contributed by atoms with van der Waals surface area (Å²) in [7, 11) is 1.81. The number of carboxylic acids is 1. The van der Waals surface area contributed by atoms with Crippen molar-refractivity contribution in [2.45, 2.75) is 33.6 Å². The summed E-state index contributed by atoms with van der Waals surface area (Å²) in [6.45, 7) is 6.20. The molecule has 0 fully saturated rings. The summed E-state index contributed by atoms with van der Waals surface area (Å²) in [5.41, 5.74) is 2.12. The van der Waals surface area contributed by atoms with Crippen molar-refractivity contribution in [2.75, 3.05) is 0 Å². The smallest absolute Gasteiger partial charge is 0.356 e. The number of rotatable bonds is 4. The quantitative estimate of drug-likeness (QED) is 0.825. The van der Waals surface area contributed by atoms with Gasteiger partial charge in [0, 0.05) is 18.3 Å². The molecule has 1 N–H and O–H groups in total. The maximum Gasteiger partial charge on any atom is 0.356 e. The van der Waals surface area contributed by atoms with Crippen molar-refractivity contribution in [2.24, 2.45) is 13.0 Å². The van der Waals surface area contributed by atoms with Crippen LogP contribution in [0.1, 0.15) is 42.5 Å². The van der Waals surface area contributed by atoms with Gasteiger partial charge in [-0.05, 0) is 18.8 Å². The standard InChI is InChI=1S/C11H18N2O2/c1-5-8-9(6-7(2)3)13(4)12-10(8)11(14)15/h7H,5-6H2,1-4H3,(H,14,15). The van der Waals surface area contributed by atoms with Gasteiger partial charge in [0.2, 0.25) is 0 Å². The van der Waals surface area contributed by atoms with Crippen LogP contribution in [-0.4, -0.2) is 20.9 Å². The molecule has 0 amide bonds. The van der Waals surface area contributed by atoms with E-state index in [1.54, 1.807) is 4.68 Å². The van der Waals surface area contributed by atoms with Crippen molar-refractivity contribution in [3.8, 4) is 0 Å². The van der Waals surface area contributed by atoms with Crippen LogP contribution < -0.4 is 0 Å². The second-order valence-corrected chi connectivity index (χ2v) is 4.15. The fourth-order valence-electron chi connectivity index (χ4n) is 1.79. The minimum absolute atomic E-state index is 0.204. The molecule has 0 aromatic carbocycles. The maximum atomic E-state index is 11.0. The van der Waals surface area contributed by atoms with E-state index in [9.17, 15) is 4.79 Å². The number of hydrogen-bond acceptors (Lipinski definition) is 2. The van der Waals surface area contributed by atoms with E-state index >= 15 is 0 Å². The molecule has 1 rings (SSSR count). The van der Waals surface area contributed by atoms with E-state index < -0.39 is 5.97 Å². The van der Waals surface area contributed by atoms with Crippen molar-refractivity contribution in [1.82, 2.24) is 9.78 Å². The number of aromatic carboxylic acids is 1. The second-order valence-electron chi connectivity index (χ2n) is 4.15. The molecule has 1 aromatic heterocycles. The highest BCUT2D eigenvalue weighted by Crippen LogP contribution is 2.18. The number of carbonyl (C=O) groups is 1. The molecule has 1 aromatic rings. The molecule has 15 heavy (non-hydrogen) atoms. The number of aromatic nitrogens is 2. The summed E-state index contributed by atoms with van der Waals surface area (Å²) in [5, 5.41) is 13.0. The van der Waals surface area contributed by atoms with Gasteiger partial charge in [-0.25, -0.2) is 4.79 Å². The molecule has 0 aliphatic rings. The first kappa shape index (κ1) is 11.8. The Labute approximate surface area is 89.9 Å². The Hall–Kier alpha value is -1.32. The lowest BCUT2D eigenvalue weighted by Crippen LogP contribution is -2.04. The highest BCUT2D eigenvalue weighted by molar-refractivity contribution is 5.87. The Morgan fingerprint density at radius 2 is 2.13 bits per heavy atom. The molecule has 0 unspecified atom stereocenters. The highest BCUT2D eigenvalue weighted by atomic mass is 16.4. The molecule has 1 heterocycles. The summed E-state index contributed by atoms with van der Waals surface area (Å²) in [6, 6.07) is 0. The first-order chi connectivity index (χ1) is 6.97. The minimum Gasteiger partial charge on any atom is -0.476 e. The average Bonchev–Trinajstić information content (AvgIpc) is 2.43. The van der Waals surface area contributed by atoms with E-state index in [2.05, 4.69) is 18.9 Å². The Balaban J connectivity index is 3.19. The highest BCUT2D eigenvalue weighted by Gasteiger charge is 2.19. The van der Waals surface area contributed by atoms with Crippen LogP contribution in [0, 0.1) is 5.92 Å². The Kier molecular flexibility index (Phi) is 3.50.